The number of carbonyl (C=O) groups excluding carboxylic acids is 1. The van der Waals surface area contributed by atoms with Crippen LogP contribution in [-0.4, -0.2) is 36.2 Å². The van der Waals surface area contributed by atoms with Crippen LogP contribution >= 0.6 is 0 Å². The molecule has 0 bridgehead atoms. The summed E-state index contributed by atoms with van der Waals surface area (Å²) in [6, 6.07) is 0. The van der Waals surface area contributed by atoms with Gasteiger partial charge in [0.15, 0.2) is 0 Å². The van der Waals surface area contributed by atoms with E-state index in [4.69, 9.17) is 5.11 Å². The number of alkyl halides is 2. The van der Waals surface area contributed by atoms with E-state index in [0.29, 0.717) is 0 Å². The minimum atomic E-state index is -3.14. The zero-order valence-corrected chi connectivity index (χ0v) is 9.75. The predicted molar refractivity (Wildman–Crippen MR) is 58.4 cm³/mol. The number of amides is 1. The average molecular weight is 263 g/mol. The molecule has 1 saturated carbocycles. The van der Waals surface area contributed by atoms with Crippen LogP contribution in [0.25, 0.3) is 0 Å². The highest BCUT2D eigenvalue weighted by atomic mass is 19.3. The quantitative estimate of drug-likeness (QED) is 0.542. The van der Waals surface area contributed by atoms with Crippen LogP contribution in [0.3, 0.4) is 0 Å². The first-order valence-electron chi connectivity index (χ1n) is 5.48. The summed E-state index contributed by atoms with van der Waals surface area (Å²) in [6.07, 6.45) is 0.0733. The first-order chi connectivity index (χ1) is 8.35. The Balaban J connectivity index is 2.24. The van der Waals surface area contributed by atoms with E-state index in [1.54, 1.807) is 0 Å². The predicted octanol–water partition coefficient (Wildman–Crippen LogP) is 1.79. The summed E-state index contributed by atoms with van der Waals surface area (Å²) in [6.45, 7) is 3.51. The molecule has 1 rings (SSSR count). The number of carboxylic acids is 1. The second-order valence-electron chi connectivity index (χ2n) is 4.19. The van der Waals surface area contributed by atoms with E-state index in [0.717, 1.165) is 0 Å². The van der Waals surface area contributed by atoms with Gasteiger partial charge in [-0.05, 0) is 12.8 Å². The van der Waals surface area contributed by atoms with Gasteiger partial charge < -0.3 is 15.2 Å². The molecule has 1 aliphatic rings. The molecule has 5 nitrogen and oxygen atoms in total. The van der Waals surface area contributed by atoms with Gasteiger partial charge in [0.2, 0.25) is 0 Å². The number of ether oxygens (including phenoxy) is 1. The molecule has 0 spiro atoms. The number of aliphatic carboxylic acids is 1. The lowest BCUT2D eigenvalue weighted by Gasteiger charge is -2.11. The van der Waals surface area contributed by atoms with Gasteiger partial charge in [0.05, 0.1) is 0 Å². The first kappa shape index (κ1) is 14.4. The Morgan fingerprint density at radius 3 is 2.56 bits per heavy atom. The minimum absolute atomic E-state index is 0.0585. The molecule has 1 atom stereocenters. The van der Waals surface area contributed by atoms with Crippen molar-refractivity contribution in [1.82, 2.24) is 5.32 Å². The molecule has 1 amide bonds. The van der Waals surface area contributed by atoms with Crippen molar-refractivity contribution < 1.29 is 28.2 Å². The van der Waals surface area contributed by atoms with Crippen molar-refractivity contribution in [2.24, 2.45) is 5.41 Å². The molecule has 0 aromatic carbocycles. The van der Waals surface area contributed by atoms with Crippen LogP contribution in [0, 0.1) is 5.41 Å². The monoisotopic (exact) mass is 263 g/mol. The van der Waals surface area contributed by atoms with E-state index in [9.17, 15) is 18.4 Å². The molecular formula is C11H15F2NO4. The topological polar surface area (TPSA) is 75.6 Å². The van der Waals surface area contributed by atoms with Crippen LogP contribution in [-0.2, 0) is 9.53 Å². The Morgan fingerprint density at radius 2 is 2.11 bits per heavy atom. The van der Waals surface area contributed by atoms with Gasteiger partial charge in [-0.2, -0.15) is 0 Å². The van der Waals surface area contributed by atoms with Gasteiger partial charge >= 0.3 is 12.1 Å². The van der Waals surface area contributed by atoms with Gasteiger partial charge in [-0.3, -0.25) is 4.79 Å². The summed E-state index contributed by atoms with van der Waals surface area (Å²) in [4.78, 5) is 21.7. The molecule has 2 N–H and O–H groups in total. The fourth-order valence-corrected chi connectivity index (χ4v) is 1.71. The molecule has 1 aliphatic carbocycles. The molecule has 102 valence electrons. The highest BCUT2D eigenvalue weighted by Gasteiger charge is 2.75. The fraction of sp³-hybridized carbons (Fsp3) is 0.636. The lowest BCUT2D eigenvalue weighted by molar-refractivity contribution is -0.148. The molecule has 7 heteroatoms. The summed E-state index contributed by atoms with van der Waals surface area (Å²) in [5.41, 5.74) is -1.94. The molecule has 0 heterocycles. The van der Waals surface area contributed by atoms with Crippen LogP contribution in [0.5, 0.6) is 0 Å². The fourth-order valence-electron chi connectivity index (χ4n) is 1.71. The molecular weight excluding hydrogens is 248 g/mol. The summed E-state index contributed by atoms with van der Waals surface area (Å²) in [7, 11) is 0. The van der Waals surface area contributed by atoms with Crippen molar-refractivity contribution >= 4 is 12.1 Å². The number of carbonyl (C=O) groups is 2. The third-order valence-electron chi connectivity index (χ3n) is 2.89. The largest absolute Gasteiger partial charge is 0.481 e. The summed E-state index contributed by atoms with van der Waals surface area (Å²) >= 11 is 0. The maximum absolute atomic E-state index is 13.0. The van der Waals surface area contributed by atoms with Crippen LogP contribution in [0.4, 0.5) is 13.6 Å². The Hall–Kier alpha value is -1.66. The van der Waals surface area contributed by atoms with E-state index in [1.165, 1.54) is 6.08 Å². The van der Waals surface area contributed by atoms with Gasteiger partial charge in [-0.1, -0.05) is 12.7 Å². The van der Waals surface area contributed by atoms with Crippen molar-refractivity contribution in [3.05, 3.63) is 12.7 Å². The van der Waals surface area contributed by atoms with Gasteiger partial charge in [0.25, 0.3) is 5.92 Å². The van der Waals surface area contributed by atoms with Crippen molar-refractivity contribution in [3.63, 3.8) is 0 Å². The molecule has 18 heavy (non-hydrogen) atoms. The summed E-state index contributed by atoms with van der Waals surface area (Å²) in [5, 5.41) is 11.1. The zero-order valence-electron chi connectivity index (χ0n) is 9.75. The SMILES string of the molecule is C=CCOC(=O)NCCCC1(C(=O)O)CC1(F)F. The Morgan fingerprint density at radius 1 is 1.50 bits per heavy atom. The maximum atomic E-state index is 13.0. The molecule has 0 aromatic rings. The van der Waals surface area contributed by atoms with Crippen molar-refractivity contribution in [3.8, 4) is 0 Å². The van der Waals surface area contributed by atoms with Gasteiger partial charge in [0, 0.05) is 13.0 Å². The number of carboxylic acid groups (broad SMARTS) is 1. The Kier molecular flexibility index (Phi) is 4.26. The van der Waals surface area contributed by atoms with Crippen molar-refractivity contribution in [2.75, 3.05) is 13.2 Å². The van der Waals surface area contributed by atoms with E-state index < -0.39 is 29.8 Å². The van der Waals surface area contributed by atoms with Gasteiger partial charge in [0.1, 0.15) is 12.0 Å². The third-order valence-corrected chi connectivity index (χ3v) is 2.89. The number of hydrogen-bond donors (Lipinski definition) is 2. The third kappa shape index (κ3) is 2.96. The van der Waals surface area contributed by atoms with E-state index in [2.05, 4.69) is 16.6 Å². The number of nitrogens with one attached hydrogen (secondary N) is 1. The second kappa shape index (κ2) is 5.32. The van der Waals surface area contributed by atoms with Crippen LogP contribution < -0.4 is 5.32 Å². The average Bonchev–Trinajstić information content (AvgIpc) is 2.86. The normalized spacial score (nSPS) is 24.1. The van der Waals surface area contributed by atoms with Gasteiger partial charge in [-0.25, -0.2) is 13.6 Å². The first-order valence-corrected chi connectivity index (χ1v) is 5.48. The molecule has 0 saturated heterocycles. The van der Waals surface area contributed by atoms with Crippen LogP contribution in [0.15, 0.2) is 12.7 Å². The molecule has 0 aromatic heterocycles. The second-order valence-corrected chi connectivity index (χ2v) is 4.19. The van der Waals surface area contributed by atoms with Gasteiger partial charge in [-0.15, -0.1) is 0 Å². The molecule has 0 aliphatic heterocycles. The van der Waals surface area contributed by atoms with Crippen LogP contribution in [0.2, 0.25) is 0 Å². The summed E-state index contributed by atoms with van der Waals surface area (Å²) in [5.74, 6) is -4.62. The lowest BCUT2D eigenvalue weighted by atomic mass is 10.00. The summed E-state index contributed by atoms with van der Waals surface area (Å²) < 4.78 is 30.5. The zero-order chi connectivity index (χ0) is 13.8. The molecule has 1 fully saturated rings. The minimum Gasteiger partial charge on any atom is -0.481 e. The Bertz CT molecular complexity index is 359. The smallest absolute Gasteiger partial charge is 0.407 e. The lowest BCUT2D eigenvalue weighted by Crippen LogP contribution is -2.28. The number of halogens is 2. The number of alkyl carbamates (subject to hydrolysis) is 1. The van der Waals surface area contributed by atoms with E-state index >= 15 is 0 Å². The van der Waals surface area contributed by atoms with Crippen molar-refractivity contribution in [2.45, 2.75) is 25.2 Å². The highest BCUT2D eigenvalue weighted by molar-refractivity contribution is 5.80. The number of rotatable bonds is 7. The number of hydrogen-bond acceptors (Lipinski definition) is 3. The standard InChI is InChI=1S/C11H15F2NO4/c1-2-6-18-9(17)14-5-3-4-10(8(15)16)7-11(10,12)13/h2H,1,3-7H2,(H,14,17)(H,15,16). The Labute approximate surface area is 103 Å². The molecule has 0 radical (unpaired) electrons. The maximum Gasteiger partial charge on any atom is 0.407 e. The highest BCUT2D eigenvalue weighted by Crippen LogP contribution is 2.63. The molecule has 1 unspecified atom stereocenters. The van der Waals surface area contributed by atoms with Crippen LogP contribution in [0.1, 0.15) is 19.3 Å². The van der Waals surface area contributed by atoms with Crippen molar-refractivity contribution in [1.29, 1.82) is 0 Å². The van der Waals surface area contributed by atoms with E-state index in [1.807, 2.05) is 0 Å². The van der Waals surface area contributed by atoms with E-state index in [-0.39, 0.29) is 26.0 Å².